The van der Waals surface area contributed by atoms with Crippen molar-refractivity contribution in [2.24, 2.45) is 0 Å². The van der Waals surface area contributed by atoms with E-state index in [2.05, 4.69) is 10.5 Å². The second-order valence-electron chi connectivity index (χ2n) is 5.23. The number of hydroxylamine groups is 1. The van der Waals surface area contributed by atoms with Gasteiger partial charge in [0.2, 0.25) is 0 Å². The first-order valence-electron chi connectivity index (χ1n) is 7.44. The summed E-state index contributed by atoms with van der Waals surface area (Å²) in [6.07, 6.45) is 7.92. The highest BCUT2D eigenvalue weighted by Gasteiger charge is 2.17. The van der Waals surface area contributed by atoms with Crippen LogP contribution in [0.25, 0.3) is 0 Å². The fourth-order valence-electron chi connectivity index (χ4n) is 2.42. The predicted molar refractivity (Wildman–Crippen MR) is 79.9 cm³/mol. The van der Waals surface area contributed by atoms with E-state index in [0.29, 0.717) is 18.8 Å². The van der Waals surface area contributed by atoms with Gasteiger partial charge >= 0.3 is 0 Å². The van der Waals surface area contributed by atoms with Gasteiger partial charge in [0.25, 0.3) is 5.91 Å². The Hall–Kier alpha value is -2.18. The number of ether oxygens (including phenoxy) is 1. The summed E-state index contributed by atoms with van der Waals surface area (Å²) in [5.41, 5.74) is 4.05. The van der Waals surface area contributed by atoms with Gasteiger partial charge in [0, 0.05) is 38.2 Å². The van der Waals surface area contributed by atoms with E-state index in [4.69, 9.17) is 9.57 Å². The second kappa shape index (κ2) is 7.20. The average Bonchev–Trinajstić information content (AvgIpc) is 3.03. The molecule has 116 valence electrons. The quantitative estimate of drug-likeness (QED) is 0.859. The number of hydrogen-bond donors (Lipinski definition) is 1. The zero-order chi connectivity index (χ0) is 15.2. The van der Waals surface area contributed by atoms with Gasteiger partial charge in [-0.2, -0.15) is 0 Å². The van der Waals surface area contributed by atoms with Crippen LogP contribution in [0.3, 0.4) is 0 Å². The van der Waals surface area contributed by atoms with Crippen molar-refractivity contribution in [3.05, 3.63) is 54.1 Å². The number of amides is 1. The zero-order valence-corrected chi connectivity index (χ0v) is 12.3. The molecular weight excluding hydrogens is 282 g/mol. The molecule has 1 unspecified atom stereocenters. The van der Waals surface area contributed by atoms with Crippen LogP contribution in [0.1, 0.15) is 35.3 Å². The van der Waals surface area contributed by atoms with Crippen molar-refractivity contribution < 1.29 is 14.4 Å². The summed E-state index contributed by atoms with van der Waals surface area (Å²) in [4.78, 5) is 21.6. The largest absolute Gasteiger partial charge is 0.350 e. The molecule has 1 saturated heterocycles. The molecule has 0 bridgehead atoms. The Kier molecular flexibility index (Phi) is 4.82. The first kappa shape index (κ1) is 14.7. The van der Waals surface area contributed by atoms with Gasteiger partial charge < -0.3 is 9.30 Å². The van der Waals surface area contributed by atoms with Crippen molar-refractivity contribution in [3.63, 3.8) is 0 Å². The Morgan fingerprint density at radius 2 is 2.36 bits per heavy atom. The van der Waals surface area contributed by atoms with Crippen molar-refractivity contribution >= 4 is 5.91 Å². The normalized spacial score (nSPS) is 18.1. The minimum absolute atomic E-state index is 0.275. The van der Waals surface area contributed by atoms with Gasteiger partial charge in [-0.15, -0.1) is 0 Å². The predicted octanol–water partition coefficient (Wildman–Crippen LogP) is 2.12. The van der Waals surface area contributed by atoms with Gasteiger partial charge in [0.05, 0.1) is 0 Å². The van der Waals surface area contributed by atoms with Crippen LogP contribution in [0.15, 0.2) is 42.9 Å². The molecule has 22 heavy (non-hydrogen) atoms. The van der Waals surface area contributed by atoms with Crippen LogP contribution >= 0.6 is 0 Å². The van der Waals surface area contributed by atoms with Crippen LogP contribution in [0, 0.1) is 0 Å². The SMILES string of the molecule is O=C(NOC1CCCCO1)c1cccn1Cc1cccnc1. The summed E-state index contributed by atoms with van der Waals surface area (Å²) in [7, 11) is 0. The molecule has 1 aliphatic rings. The van der Waals surface area contributed by atoms with Crippen molar-refractivity contribution in [3.8, 4) is 0 Å². The summed E-state index contributed by atoms with van der Waals surface area (Å²) < 4.78 is 7.28. The van der Waals surface area contributed by atoms with Crippen molar-refractivity contribution in [2.45, 2.75) is 32.1 Å². The molecule has 1 amide bonds. The lowest BCUT2D eigenvalue weighted by atomic mass is 10.2. The standard InChI is InChI=1S/C16H19N3O3/c20-16(18-22-15-7-1-2-10-21-15)14-6-4-9-19(14)12-13-5-3-8-17-11-13/h3-6,8-9,11,15H,1-2,7,10,12H2,(H,18,20). The van der Waals surface area contributed by atoms with Gasteiger partial charge in [0.1, 0.15) is 5.69 Å². The first-order valence-corrected chi connectivity index (χ1v) is 7.44. The summed E-state index contributed by atoms with van der Waals surface area (Å²) in [5, 5.41) is 0. The van der Waals surface area contributed by atoms with E-state index in [-0.39, 0.29) is 12.2 Å². The van der Waals surface area contributed by atoms with E-state index >= 15 is 0 Å². The topological polar surface area (TPSA) is 65.4 Å². The lowest BCUT2D eigenvalue weighted by Gasteiger charge is -2.22. The summed E-state index contributed by atoms with van der Waals surface area (Å²) >= 11 is 0. The van der Waals surface area contributed by atoms with E-state index in [9.17, 15) is 4.79 Å². The van der Waals surface area contributed by atoms with E-state index < -0.39 is 0 Å². The molecule has 3 heterocycles. The molecule has 1 fully saturated rings. The summed E-state index contributed by atoms with van der Waals surface area (Å²) in [6, 6.07) is 7.45. The van der Waals surface area contributed by atoms with E-state index in [0.717, 1.165) is 24.8 Å². The molecule has 0 radical (unpaired) electrons. The minimum Gasteiger partial charge on any atom is -0.350 e. The van der Waals surface area contributed by atoms with Gasteiger partial charge in [-0.25, -0.2) is 10.3 Å². The van der Waals surface area contributed by atoms with Crippen molar-refractivity contribution in [1.29, 1.82) is 0 Å². The minimum atomic E-state index is -0.348. The third-order valence-corrected chi connectivity index (χ3v) is 3.56. The number of rotatable bonds is 5. The van der Waals surface area contributed by atoms with Crippen LogP contribution in [-0.2, 0) is 16.1 Å². The highest BCUT2D eigenvalue weighted by molar-refractivity contribution is 5.91. The molecule has 6 heteroatoms. The van der Waals surface area contributed by atoms with Crippen molar-refractivity contribution in [1.82, 2.24) is 15.0 Å². The third kappa shape index (κ3) is 3.72. The Balaban J connectivity index is 1.59. The number of pyridine rings is 1. The number of nitrogens with one attached hydrogen (secondary N) is 1. The second-order valence-corrected chi connectivity index (χ2v) is 5.23. The lowest BCUT2D eigenvalue weighted by Crippen LogP contribution is -2.34. The Morgan fingerprint density at radius 1 is 1.41 bits per heavy atom. The maximum absolute atomic E-state index is 12.2. The Bertz CT molecular complexity index is 606. The average molecular weight is 301 g/mol. The van der Waals surface area contributed by atoms with Crippen LogP contribution < -0.4 is 5.48 Å². The van der Waals surface area contributed by atoms with E-state index in [1.54, 1.807) is 18.5 Å². The van der Waals surface area contributed by atoms with Crippen LogP contribution in [0.5, 0.6) is 0 Å². The van der Waals surface area contributed by atoms with Gasteiger partial charge in [0.15, 0.2) is 6.29 Å². The molecular formula is C16H19N3O3. The molecule has 1 atom stereocenters. The Morgan fingerprint density at radius 3 is 3.14 bits per heavy atom. The molecule has 1 aliphatic heterocycles. The summed E-state index contributed by atoms with van der Waals surface area (Å²) in [6.45, 7) is 1.27. The smallest absolute Gasteiger partial charge is 0.291 e. The van der Waals surface area contributed by atoms with Crippen LogP contribution in [0.4, 0.5) is 0 Å². The number of nitrogens with zero attached hydrogens (tertiary/aromatic N) is 2. The number of carbonyl (C=O) groups is 1. The molecule has 6 nitrogen and oxygen atoms in total. The highest BCUT2D eigenvalue weighted by Crippen LogP contribution is 2.13. The molecule has 2 aromatic heterocycles. The molecule has 2 aromatic rings. The highest BCUT2D eigenvalue weighted by atomic mass is 16.8. The number of aromatic nitrogens is 2. The first-order chi connectivity index (χ1) is 10.8. The fourth-order valence-corrected chi connectivity index (χ4v) is 2.42. The zero-order valence-electron chi connectivity index (χ0n) is 12.3. The molecule has 0 aliphatic carbocycles. The van der Waals surface area contributed by atoms with Gasteiger partial charge in [-0.1, -0.05) is 6.07 Å². The molecule has 0 aromatic carbocycles. The van der Waals surface area contributed by atoms with E-state index in [1.807, 2.05) is 29.0 Å². The van der Waals surface area contributed by atoms with Crippen LogP contribution in [-0.4, -0.2) is 28.4 Å². The van der Waals surface area contributed by atoms with Gasteiger partial charge in [-0.3, -0.25) is 9.78 Å². The maximum Gasteiger partial charge on any atom is 0.291 e. The monoisotopic (exact) mass is 301 g/mol. The maximum atomic E-state index is 12.2. The third-order valence-electron chi connectivity index (χ3n) is 3.56. The van der Waals surface area contributed by atoms with Gasteiger partial charge in [-0.05, 0) is 36.6 Å². The number of carbonyl (C=O) groups excluding carboxylic acids is 1. The molecule has 1 N–H and O–H groups in total. The Labute approximate surface area is 129 Å². The molecule has 0 spiro atoms. The van der Waals surface area contributed by atoms with E-state index in [1.165, 1.54) is 0 Å². The van der Waals surface area contributed by atoms with Crippen LogP contribution in [0.2, 0.25) is 0 Å². The number of hydrogen-bond acceptors (Lipinski definition) is 4. The lowest BCUT2D eigenvalue weighted by molar-refractivity contribution is -0.186. The molecule has 3 rings (SSSR count). The van der Waals surface area contributed by atoms with Crippen molar-refractivity contribution in [2.75, 3.05) is 6.61 Å². The fraction of sp³-hybridized carbons (Fsp3) is 0.375. The summed E-state index contributed by atoms with van der Waals surface area (Å²) in [5.74, 6) is -0.275. The molecule has 0 saturated carbocycles.